The second-order valence-electron chi connectivity index (χ2n) is 11.1. The van der Waals surface area contributed by atoms with E-state index in [1.807, 2.05) is 44.2 Å². The van der Waals surface area contributed by atoms with E-state index in [1.54, 1.807) is 0 Å². The first kappa shape index (κ1) is 25.0. The Hall–Kier alpha value is -1.10. The highest BCUT2D eigenvalue weighted by atomic mass is 32.2. The van der Waals surface area contributed by atoms with Crippen molar-refractivity contribution in [2.24, 2.45) is 0 Å². The Morgan fingerprint density at radius 3 is 2.58 bits per heavy atom. The third-order valence-corrected chi connectivity index (χ3v) is 14.5. The Morgan fingerprint density at radius 2 is 1.91 bits per heavy atom. The molecular weight excluding hydrogens is 474 g/mol. The van der Waals surface area contributed by atoms with Crippen molar-refractivity contribution >= 4 is 39.7 Å². The van der Waals surface area contributed by atoms with Gasteiger partial charge in [0, 0.05) is 0 Å². The molecule has 9 heteroatoms. The molecule has 1 aliphatic carbocycles. The molecule has 0 bridgehead atoms. The third-order valence-electron chi connectivity index (χ3n) is 6.90. The number of rotatable bonds is 5. The number of ether oxygens (including phenoxy) is 2. The Morgan fingerprint density at radius 1 is 1.21 bits per heavy atom. The molecule has 4 rings (SSSR count). The molecule has 1 saturated carbocycles. The lowest BCUT2D eigenvalue weighted by Crippen LogP contribution is -2.51. The van der Waals surface area contributed by atoms with E-state index in [0.717, 1.165) is 15.8 Å². The van der Waals surface area contributed by atoms with Crippen LogP contribution in [0.1, 0.15) is 47.5 Å². The van der Waals surface area contributed by atoms with Crippen LogP contribution >= 0.6 is 11.3 Å². The maximum absolute atomic E-state index is 13.0. The fraction of sp³-hybridized carbons (Fsp3) is 0.625. The molecule has 0 spiro atoms. The van der Waals surface area contributed by atoms with Crippen molar-refractivity contribution in [3.63, 3.8) is 0 Å². The van der Waals surface area contributed by atoms with Crippen LogP contribution in [0, 0.1) is 0 Å². The summed E-state index contributed by atoms with van der Waals surface area (Å²) in [4.78, 5) is 4.35. The van der Waals surface area contributed by atoms with Gasteiger partial charge >= 0.3 is 0 Å². The summed E-state index contributed by atoms with van der Waals surface area (Å²) in [5.41, 5.74) is 1.77. The topological polar surface area (TPSA) is 74.7 Å². The maximum atomic E-state index is 13.0. The fourth-order valence-corrected chi connectivity index (χ4v) is 8.01. The average molecular weight is 510 g/mol. The number of sulfone groups is 1. The van der Waals surface area contributed by atoms with E-state index < -0.39 is 23.9 Å². The Balaban J connectivity index is 1.57. The summed E-state index contributed by atoms with van der Waals surface area (Å²) in [6.07, 6.45) is 2.72. The van der Waals surface area contributed by atoms with Crippen molar-refractivity contribution in [2.45, 2.75) is 94.0 Å². The normalized spacial score (nSPS) is 27.2. The van der Waals surface area contributed by atoms with Gasteiger partial charge < -0.3 is 13.9 Å². The van der Waals surface area contributed by atoms with Gasteiger partial charge in [-0.05, 0) is 57.0 Å². The van der Waals surface area contributed by atoms with Crippen molar-refractivity contribution in [3.8, 4) is 0 Å². The van der Waals surface area contributed by atoms with E-state index >= 15 is 0 Å². The predicted octanol–water partition coefficient (Wildman–Crippen LogP) is 5.70. The number of nitrogens with zero attached hydrogens (tertiary/aromatic N) is 1. The zero-order valence-corrected chi connectivity index (χ0v) is 23.2. The predicted molar refractivity (Wildman–Crippen MR) is 135 cm³/mol. The van der Waals surface area contributed by atoms with Gasteiger partial charge in [0.1, 0.15) is 6.10 Å². The summed E-state index contributed by atoms with van der Waals surface area (Å²) in [6, 6.07) is 7.50. The van der Waals surface area contributed by atoms with Gasteiger partial charge in [0.2, 0.25) is 14.2 Å². The van der Waals surface area contributed by atoms with Crippen molar-refractivity contribution in [1.29, 1.82) is 0 Å². The number of para-hydroxylation sites is 1. The number of thiazole rings is 1. The molecule has 3 atom stereocenters. The van der Waals surface area contributed by atoms with Gasteiger partial charge in [-0.1, -0.05) is 44.6 Å². The van der Waals surface area contributed by atoms with Crippen LogP contribution in [-0.4, -0.2) is 51.6 Å². The molecule has 2 aliphatic rings. The molecule has 2 heterocycles. The zero-order chi connectivity index (χ0) is 24.2. The Kier molecular flexibility index (Phi) is 6.46. The quantitative estimate of drug-likeness (QED) is 0.380. The van der Waals surface area contributed by atoms with Gasteiger partial charge in [0.25, 0.3) is 0 Å². The first-order valence-electron chi connectivity index (χ1n) is 11.5. The van der Waals surface area contributed by atoms with Crippen molar-refractivity contribution < 1.29 is 22.3 Å². The molecule has 1 aliphatic heterocycles. The van der Waals surface area contributed by atoms with Crippen LogP contribution < -0.4 is 0 Å². The lowest BCUT2D eigenvalue weighted by Gasteiger charge is -2.43. The second-order valence-corrected chi connectivity index (χ2v) is 19.0. The molecule has 0 amide bonds. The Labute approximate surface area is 202 Å². The van der Waals surface area contributed by atoms with Gasteiger partial charge in [-0.2, -0.15) is 0 Å². The average Bonchev–Trinajstić information content (AvgIpc) is 3.25. The van der Waals surface area contributed by atoms with E-state index in [-0.39, 0.29) is 33.4 Å². The van der Waals surface area contributed by atoms with Crippen LogP contribution in [0.4, 0.5) is 0 Å². The van der Waals surface area contributed by atoms with Gasteiger partial charge in [-0.3, -0.25) is 0 Å². The van der Waals surface area contributed by atoms with Crippen molar-refractivity contribution in [3.05, 3.63) is 35.9 Å². The molecule has 182 valence electrons. The standard InChI is InChI=1S/C24H35NO5S2Si/c1-23(2,3)33(6,7)30-19-15-16(14-18-21(19)29-24(4,5)28-18)12-13-32(26,27)22-25-17-10-8-9-11-20(17)31-22/h8-12,18-19,21H,13-15H2,1-7H3/b16-12-/t18-,19-,21-/m1/s1. The summed E-state index contributed by atoms with van der Waals surface area (Å²) in [5, 5.41) is 0.0645. The molecule has 0 N–H and O–H groups in total. The molecule has 1 aromatic carbocycles. The van der Waals surface area contributed by atoms with Crippen LogP contribution in [0.2, 0.25) is 18.1 Å². The van der Waals surface area contributed by atoms with Gasteiger partial charge in [0.15, 0.2) is 14.1 Å². The zero-order valence-electron chi connectivity index (χ0n) is 20.5. The van der Waals surface area contributed by atoms with E-state index in [0.29, 0.717) is 12.8 Å². The largest absolute Gasteiger partial charge is 0.411 e. The summed E-state index contributed by atoms with van der Waals surface area (Å²) in [5.74, 6) is -0.747. The number of fused-ring (bicyclic) bond motifs is 2. The highest BCUT2D eigenvalue weighted by Crippen LogP contribution is 2.44. The first-order chi connectivity index (χ1) is 15.2. The number of benzene rings is 1. The van der Waals surface area contributed by atoms with E-state index in [4.69, 9.17) is 13.9 Å². The minimum Gasteiger partial charge on any atom is -0.411 e. The lowest BCUT2D eigenvalue weighted by atomic mass is 9.88. The van der Waals surface area contributed by atoms with Crippen molar-refractivity contribution in [1.82, 2.24) is 4.98 Å². The minimum atomic E-state index is -3.52. The highest BCUT2D eigenvalue weighted by molar-refractivity contribution is 7.93. The van der Waals surface area contributed by atoms with Crippen LogP contribution in [-0.2, 0) is 23.7 Å². The first-order valence-corrected chi connectivity index (χ1v) is 16.8. The maximum Gasteiger partial charge on any atom is 0.210 e. The summed E-state index contributed by atoms with van der Waals surface area (Å²) < 4.78 is 46.3. The molecule has 2 aromatic rings. The molecule has 2 fully saturated rings. The third kappa shape index (κ3) is 5.28. The molecule has 1 aromatic heterocycles. The lowest BCUT2D eigenvalue weighted by molar-refractivity contribution is -0.152. The van der Waals surface area contributed by atoms with E-state index in [1.165, 1.54) is 11.3 Å². The fourth-order valence-electron chi connectivity index (χ4n) is 4.17. The molecule has 6 nitrogen and oxygen atoms in total. The van der Waals surface area contributed by atoms with E-state index in [9.17, 15) is 8.42 Å². The molecule has 0 radical (unpaired) electrons. The van der Waals surface area contributed by atoms with Crippen LogP contribution in [0.3, 0.4) is 0 Å². The van der Waals surface area contributed by atoms with Gasteiger partial charge in [0.05, 0.1) is 28.2 Å². The van der Waals surface area contributed by atoms with Gasteiger partial charge in [-0.15, -0.1) is 11.3 Å². The number of hydrogen-bond donors (Lipinski definition) is 0. The number of hydrogen-bond acceptors (Lipinski definition) is 7. The van der Waals surface area contributed by atoms with Crippen LogP contribution in [0.25, 0.3) is 10.2 Å². The number of aromatic nitrogens is 1. The van der Waals surface area contributed by atoms with Crippen LogP contribution in [0.5, 0.6) is 0 Å². The molecule has 0 unspecified atom stereocenters. The minimum absolute atomic E-state index is 0.0645. The SMILES string of the molecule is CC1(C)O[C@@H]2[C@@H](C/C(=C/CS(=O)(=O)c3nc4ccccc4s3)C[C@H]2O[Si](C)(C)C(C)(C)C)O1. The second kappa shape index (κ2) is 8.53. The van der Waals surface area contributed by atoms with Crippen molar-refractivity contribution in [2.75, 3.05) is 5.75 Å². The summed E-state index contributed by atoms with van der Waals surface area (Å²) in [6.45, 7) is 15.0. The summed E-state index contributed by atoms with van der Waals surface area (Å²) in [7, 11) is -5.56. The molecular formula is C24H35NO5S2Si. The van der Waals surface area contributed by atoms with E-state index in [2.05, 4.69) is 38.8 Å². The van der Waals surface area contributed by atoms with Gasteiger partial charge in [-0.25, -0.2) is 13.4 Å². The van der Waals surface area contributed by atoms with Crippen LogP contribution in [0.15, 0.2) is 40.3 Å². The highest BCUT2D eigenvalue weighted by Gasteiger charge is 2.51. The monoisotopic (exact) mass is 509 g/mol. The summed E-state index contributed by atoms with van der Waals surface area (Å²) >= 11 is 1.22. The molecule has 33 heavy (non-hydrogen) atoms. The Bertz CT molecular complexity index is 1130. The molecule has 1 saturated heterocycles. The smallest absolute Gasteiger partial charge is 0.210 e.